The van der Waals surface area contributed by atoms with Gasteiger partial charge in [-0.3, -0.25) is 4.79 Å². The van der Waals surface area contributed by atoms with Crippen molar-refractivity contribution in [1.82, 2.24) is 4.98 Å². The van der Waals surface area contributed by atoms with Gasteiger partial charge < -0.3 is 4.90 Å². The average Bonchev–Trinajstić information content (AvgIpc) is 2.41. The molecular weight excluding hydrogens is 295 g/mol. The Kier molecular flexibility index (Phi) is 3.64. The first-order valence-corrected chi connectivity index (χ1v) is 7.04. The smallest absolute Gasteiger partial charge is 0.151 e. The molecule has 0 spiro atoms. The van der Waals surface area contributed by atoms with Gasteiger partial charge in [0.25, 0.3) is 0 Å². The van der Waals surface area contributed by atoms with Gasteiger partial charge in [-0.15, -0.1) is 0 Å². The lowest BCUT2D eigenvalue weighted by Crippen LogP contribution is -2.45. The van der Waals surface area contributed by atoms with E-state index in [0.29, 0.717) is 21.5 Å². The molecule has 2 heterocycles. The maximum atomic E-state index is 10.6. The fourth-order valence-corrected chi connectivity index (χ4v) is 3.11. The predicted molar refractivity (Wildman–Crippen MR) is 81.0 cm³/mol. The van der Waals surface area contributed by atoms with Crippen LogP contribution in [0.3, 0.4) is 0 Å². The van der Waals surface area contributed by atoms with Gasteiger partial charge in [-0.05, 0) is 29.8 Å². The van der Waals surface area contributed by atoms with Crippen molar-refractivity contribution in [3.05, 3.63) is 57.7 Å². The van der Waals surface area contributed by atoms with Gasteiger partial charge in [0.15, 0.2) is 6.29 Å². The fraction of sp³-hybridized carbons (Fsp3) is 0.200. The minimum atomic E-state index is 0.323. The number of benzene rings is 1. The Balaban J connectivity index is 1.73. The van der Waals surface area contributed by atoms with Gasteiger partial charge in [-0.2, -0.15) is 0 Å². The molecule has 1 aromatic heterocycles. The van der Waals surface area contributed by atoms with Crippen molar-refractivity contribution in [2.45, 2.75) is 5.92 Å². The summed E-state index contributed by atoms with van der Waals surface area (Å²) in [5, 5.41) is 1.43. The van der Waals surface area contributed by atoms with Crippen LogP contribution in [-0.4, -0.2) is 24.4 Å². The van der Waals surface area contributed by atoms with E-state index in [9.17, 15) is 4.79 Å². The van der Waals surface area contributed by atoms with E-state index in [-0.39, 0.29) is 0 Å². The Morgan fingerprint density at radius 1 is 1.15 bits per heavy atom. The largest absolute Gasteiger partial charge is 0.355 e. The molecule has 1 saturated heterocycles. The lowest BCUT2D eigenvalue weighted by Gasteiger charge is -2.41. The second-order valence-electron chi connectivity index (χ2n) is 4.80. The predicted octanol–water partition coefficient (Wildman–Crippen LogP) is 3.80. The van der Waals surface area contributed by atoms with Crippen LogP contribution < -0.4 is 4.90 Å². The molecule has 0 bridgehead atoms. The standard InChI is InChI=1S/C15H12Cl2N2O/c16-12-2-1-3-13(17)15(12)11-7-19(8-11)14-5-4-10(9-20)6-18-14/h1-6,9,11H,7-8H2. The molecular formula is C15H12Cl2N2O. The maximum absolute atomic E-state index is 10.6. The van der Waals surface area contributed by atoms with Gasteiger partial charge in [0.1, 0.15) is 5.82 Å². The SMILES string of the molecule is O=Cc1ccc(N2CC(c3c(Cl)cccc3Cl)C2)nc1. The third-order valence-electron chi connectivity index (χ3n) is 3.52. The van der Waals surface area contributed by atoms with E-state index in [1.807, 2.05) is 24.3 Å². The summed E-state index contributed by atoms with van der Waals surface area (Å²) in [6, 6.07) is 9.20. The highest BCUT2D eigenvalue weighted by Gasteiger charge is 2.31. The Morgan fingerprint density at radius 2 is 1.85 bits per heavy atom. The van der Waals surface area contributed by atoms with Crippen molar-refractivity contribution in [3.63, 3.8) is 0 Å². The molecule has 0 aliphatic carbocycles. The molecule has 0 amide bonds. The Morgan fingerprint density at radius 3 is 2.40 bits per heavy atom. The third kappa shape index (κ3) is 2.39. The molecule has 0 N–H and O–H groups in total. The number of carbonyl (C=O) groups is 1. The van der Waals surface area contributed by atoms with Crippen LogP contribution in [0.1, 0.15) is 21.8 Å². The number of halogens is 2. The van der Waals surface area contributed by atoms with Gasteiger partial charge in [-0.1, -0.05) is 29.3 Å². The Hall–Kier alpha value is -1.58. The summed E-state index contributed by atoms with van der Waals surface area (Å²) in [5.41, 5.74) is 1.59. The van der Waals surface area contributed by atoms with E-state index >= 15 is 0 Å². The Labute approximate surface area is 127 Å². The van der Waals surface area contributed by atoms with Crippen molar-refractivity contribution in [2.75, 3.05) is 18.0 Å². The molecule has 1 aliphatic rings. The molecule has 2 aromatic rings. The molecule has 0 saturated carbocycles. The van der Waals surface area contributed by atoms with E-state index in [0.717, 1.165) is 30.8 Å². The number of pyridine rings is 1. The van der Waals surface area contributed by atoms with Crippen LogP contribution in [0, 0.1) is 0 Å². The van der Waals surface area contributed by atoms with Crippen molar-refractivity contribution >= 4 is 35.3 Å². The number of hydrogen-bond acceptors (Lipinski definition) is 3. The van der Waals surface area contributed by atoms with Gasteiger partial charge in [0.05, 0.1) is 0 Å². The second-order valence-corrected chi connectivity index (χ2v) is 5.62. The van der Waals surface area contributed by atoms with Crippen LogP contribution in [0.25, 0.3) is 0 Å². The first kappa shape index (κ1) is 13.4. The zero-order valence-corrected chi connectivity index (χ0v) is 12.1. The lowest BCUT2D eigenvalue weighted by molar-refractivity contribution is 0.112. The molecule has 5 heteroatoms. The zero-order chi connectivity index (χ0) is 14.1. The summed E-state index contributed by atoms with van der Waals surface area (Å²) >= 11 is 12.4. The van der Waals surface area contributed by atoms with Crippen LogP contribution >= 0.6 is 23.2 Å². The summed E-state index contributed by atoms with van der Waals surface area (Å²) in [6.07, 6.45) is 2.37. The number of aromatic nitrogens is 1. The molecule has 0 radical (unpaired) electrons. The fourth-order valence-electron chi connectivity index (χ4n) is 2.40. The van der Waals surface area contributed by atoms with E-state index < -0.39 is 0 Å². The van der Waals surface area contributed by atoms with Crippen LogP contribution in [0.15, 0.2) is 36.5 Å². The molecule has 1 aromatic carbocycles. The highest BCUT2D eigenvalue weighted by atomic mass is 35.5. The van der Waals surface area contributed by atoms with Crippen molar-refractivity contribution < 1.29 is 4.79 Å². The summed E-state index contributed by atoms with van der Waals surface area (Å²) < 4.78 is 0. The summed E-state index contributed by atoms with van der Waals surface area (Å²) in [7, 11) is 0. The van der Waals surface area contributed by atoms with Crippen LogP contribution in [0.2, 0.25) is 10.0 Å². The lowest BCUT2D eigenvalue weighted by atomic mass is 9.91. The van der Waals surface area contributed by atoms with Gasteiger partial charge in [0.2, 0.25) is 0 Å². The number of carbonyl (C=O) groups excluding carboxylic acids is 1. The quantitative estimate of drug-likeness (QED) is 0.809. The van der Waals surface area contributed by atoms with E-state index in [4.69, 9.17) is 23.2 Å². The Bertz CT molecular complexity index is 617. The molecule has 0 atom stereocenters. The van der Waals surface area contributed by atoms with E-state index in [2.05, 4.69) is 9.88 Å². The number of hydrogen-bond donors (Lipinski definition) is 0. The molecule has 20 heavy (non-hydrogen) atoms. The topological polar surface area (TPSA) is 33.2 Å². The third-order valence-corrected chi connectivity index (χ3v) is 4.18. The zero-order valence-electron chi connectivity index (χ0n) is 10.6. The summed E-state index contributed by atoms with van der Waals surface area (Å²) in [4.78, 5) is 17.0. The monoisotopic (exact) mass is 306 g/mol. The van der Waals surface area contributed by atoms with E-state index in [1.165, 1.54) is 0 Å². The first-order chi connectivity index (χ1) is 9.69. The van der Waals surface area contributed by atoms with Gasteiger partial charge >= 0.3 is 0 Å². The first-order valence-electron chi connectivity index (χ1n) is 6.29. The highest BCUT2D eigenvalue weighted by molar-refractivity contribution is 6.36. The molecule has 1 fully saturated rings. The molecule has 102 valence electrons. The molecule has 3 nitrogen and oxygen atoms in total. The van der Waals surface area contributed by atoms with Crippen LogP contribution in [0.4, 0.5) is 5.82 Å². The van der Waals surface area contributed by atoms with Gasteiger partial charge in [0, 0.05) is 40.8 Å². The second kappa shape index (κ2) is 5.43. The minimum absolute atomic E-state index is 0.323. The maximum Gasteiger partial charge on any atom is 0.151 e. The number of nitrogens with zero attached hydrogens (tertiary/aromatic N) is 2. The van der Waals surface area contributed by atoms with Gasteiger partial charge in [-0.25, -0.2) is 4.98 Å². The number of rotatable bonds is 3. The number of aldehydes is 1. The normalized spacial score (nSPS) is 15.0. The molecule has 0 unspecified atom stereocenters. The molecule has 1 aliphatic heterocycles. The number of anilines is 1. The van der Waals surface area contributed by atoms with Crippen LogP contribution in [0.5, 0.6) is 0 Å². The average molecular weight is 307 g/mol. The van der Waals surface area contributed by atoms with Crippen molar-refractivity contribution in [2.24, 2.45) is 0 Å². The van der Waals surface area contributed by atoms with E-state index in [1.54, 1.807) is 12.3 Å². The highest BCUT2D eigenvalue weighted by Crippen LogP contribution is 2.38. The summed E-state index contributed by atoms with van der Waals surface area (Å²) in [5.74, 6) is 1.19. The molecule has 3 rings (SSSR count). The van der Waals surface area contributed by atoms with Crippen molar-refractivity contribution in [1.29, 1.82) is 0 Å². The van der Waals surface area contributed by atoms with Crippen molar-refractivity contribution in [3.8, 4) is 0 Å². The minimum Gasteiger partial charge on any atom is -0.355 e. The van der Waals surface area contributed by atoms with Crippen LogP contribution in [-0.2, 0) is 0 Å². The summed E-state index contributed by atoms with van der Waals surface area (Å²) in [6.45, 7) is 1.66.